The zero-order chi connectivity index (χ0) is 12.8. The van der Waals surface area contributed by atoms with E-state index in [1.54, 1.807) is 6.20 Å². The smallest absolute Gasteiger partial charge is 0.265 e. The molecule has 18 heavy (non-hydrogen) atoms. The van der Waals surface area contributed by atoms with Gasteiger partial charge in [-0.1, -0.05) is 24.3 Å². The monoisotopic (exact) mass is 240 g/mol. The van der Waals surface area contributed by atoms with Crippen LogP contribution < -0.4 is 5.73 Å². The third-order valence-electron chi connectivity index (χ3n) is 3.92. The first kappa shape index (κ1) is 11.1. The van der Waals surface area contributed by atoms with E-state index in [1.165, 1.54) is 11.1 Å². The minimum Gasteiger partial charge on any atom is -0.364 e. The summed E-state index contributed by atoms with van der Waals surface area (Å²) in [6.07, 6.45) is 3.96. The van der Waals surface area contributed by atoms with Crippen molar-refractivity contribution in [3.8, 4) is 0 Å². The van der Waals surface area contributed by atoms with Crippen molar-refractivity contribution in [1.82, 2.24) is 4.98 Å². The molecule has 1 aromatic carbocycles. The highest BCUT2D eigenvalue weighted by Crippen LogP contribution is 2.55. The molecule has 0 saturated heterocycles. The van der Waals surface area contributed by atoms with Crippen LogP contribution in [0.15, 0.2) is 36.5 Å². The van der Waals surface area contributed by atoms with Crippen LogP contribution in [0.1, 0.15) is 40.0 Å². The van der Waals surface area contributed by atoms with Gasteiger partial charge < -0.3 is 10.7 Å². The summed E-state index contributed by atoms with van der Waals surface area (Å²) in [6.45, 7) is 2.12. The normalized spacial score (nSPS) is 16.5. The third kappa shape index (κ3) is 1.47. The Morgan fingerprint density at radius 1 is 1.22 bits per heavy atom. The summed E-state index contributed by atoms with van der Waals surface area (Å²) in [5, 5.41) is 0. The molecule has 92 valence electrons. The van der Waals surface area contributed by atoms with Crippen molar-refractivity contribution < 1.29 is 4.79 Å². The van der Waals surface area contributed by atoms with Gasteiger partial charge in [-0.2, -0.15) is 0 Å². The van der Waals surface area contributed by atoms with Gasteiger partial charge in [0.2, 0.25) is 0 Å². The number of aryl methyl sites for hydroxylation is 1. The quantitative estimate of drug-likeness (QED) is 0.850. The highest BCUT2D eigenvalue weighted by Gasteiger charge is 2.48. The standard InChI is InChI=1S/C15H16N2O/c1-10-4-2-3-5-11(10)15(7-8-15)12-6-9-17-13(12)14(16)18/h2-6,9,17H,7-8H2,1H3,(H2,16,18). The van der Waals surface area contributed by atoms with E-state index < -0.39 is 0 Å². The van der Waals surface area contributed by atoms with Crippen molar-refractivity contribution in [3.63, 3.8) is 0 Å². The molecule has 1 aliphatic rings. The molecule has 0 unspecified atom stereocenters. The van der Waals surface area contributed by atoms with Gasteiger partial charge in [0.05, 0.1) is 0 Å². The van der Waals surface area contributed by atoms with E-state index in [-0.39, 0.29) is 11.3 Å². The second-order valence-corrected chi connectivity index (χ2v) is 5.03. The number of amides is 1. The Labute approximate surface area is 106 Å². The summed E-state index contributed by atoms with van der Waals surface area (Å²) < 4.78 is 0. The molecule has 3 rings (SSSR count). The van der Waals surface area contributed by atoms with Crippen LogP contribution in [0.2, 0.25) is 0 Å². The highest BCUT2D eigenvalue weighted by molar-refractivity contribution is 5.93. The van der Waals surface area contributed by atoms with E-state index in [1.807, 2.05) is 12.1 Å². The maximum absolute atomic E-state index is 11.5. The number of primary amides is 1. The van der Waals surface area contributed by atoms with Gasteiger partial charge in [-0.05, 0) is 42.5 Å². The molecule has 1 fully saturated rings. The van der Waals surface area contributed by atoms with Gasteiger partial charge in [0, 0.05) is 11.6 Å². The lowest BCUT2D eigenvalue weighted by molar-refractivity contribution is 0.0995. The summed E-state index contributed by atoms with van der Waals surface area (Å²) in [6, 6.07) is 10.4. The lowest BCUT2D eigenvalue weighted by Crippen LogP contribution is -2.19. The topological polar surface area (TPSA) is 58.9 Å². The number of carbonyl (C=O) groups is 1. The minimum absolute atomic E-state index is 0.00426. The van der Waals surface area contributed by atoms with Crippen molar-refractivity contribution >= 4 is 5.91 Å². The SMILES string of the molecule is Cc1ccccc1C1(c2cc[nH]c2C(N)=O)CC1. The van der Waals surface area contributed by atoms with Gasteiger partial charge in [0.1, 0.15) is 5.69 Å². The Morgan fingerprint density at radius 3 is 2.56 bits per heavy atom. The Balaban J connectivity index is 2.14. The van der Waals surface area contributed by atoms with Crippen molar-refractivity contribution in [2.75, 3.05) is 0 Å². The van der Waals surface area contributed by atoms with Crippen molar-refractivity contribution in [1.29, 1.82) is 0 Å². The maximum Gasteiger partial charge on any atom is 0.265 e. The summed E-state index contributed by atoms with van der Waals surface area (Å²) in [4.78, 5) is 14.4. The van der Waals surface area contributed by atoms with Crippen LogP contribution in [-0.2, 0) is 5.41 Å². The van der Waals surface area contributed by atoms with Crippen LogP contribution >= 0.6 is 0 Å². The van der Waals surface area contributed by atoms with Gasteiger partial charge in [0.25, 0.3) is 5.91 Å². The molecule has 1 amide bonds. The molecule has 0 spiro atoms. The van der Waals surface area contributed by atoms with E-state index in [0.717, 1.165) is 18.4 Å². The van der Waals surface area contributed by atoms with Crippen LogP contribution in [-0.4, -0.2) is 10.9 Å². The van der Waals surface area contributed by atoms with Crippen LogP contribution in [0.4, 0.5) is 0 Å². The number of H-pyrrole nitrogens is 1. The number of hydrogen-bond acceptors (Lipinski definition) is 1. The summed E-state index contributed by atoms with van der Waals surface area (Å²) in [5.74, 6) is -0.380. The lowest BCUT2D eigenvalue weighted by atomic mass is 9.85. The van der Waals surface area contributed by atoms with E-state index >= 15 is 0 Å². The predicted molar refractivity (Wildman–Crippen MR) is 70.5 cm³/mol. The first-order valence-corrected chi connectivity index (χ1v) is 6.19. The van der Waals surface area contributed by atoms with E-state index in [4.69, 9.17) is 5.73 Å². The molecule has 1 aromatic heterocycles. The van der Waals surface area contributed by atoms with Crippen molar-refractivity contribution in [2.24, 2.45) is 5.73 Å². The average molecular weight is 240 g/mol. The largest absolute Gasteiger partial charge is 0.364 e. The lowest BCUT2D eigenvalue weighted by Gasteiger charge is -2.18. The molecular weight excluding hydrogens is 224 g/mol. The second-order valence-electron chi connectivity index (χ2n) is 5.03. The summed E-state index contributed by atoms with van der Waals surface area (Å²) in [5.41, 5.74) is 9.60. The Bertz CT molecular complexity index is 608. The Hall–Kier alpha value is -2.03. The number of rotatable bonds is 3. The van der Waals surface area contributed by atoms with E-state index in [9.17, 15) is 4.79 Å². The third-order valence-corrected chi connectivity index (χ3v) is 3.92. The van der Waals surface area contributed by atoms with E-state index in [2.05, 4.69) is 30.1 Å². The number of aromatic nitrogens is 1. The molecule has 3 N–H and O–H groups in total. The molecule has 2 aromatic rings. The first-order valence-electron chi connectivity index (χ1n) is 6.19. The highest BCUT2D eigenvalue weighted by atomic mass is 16.1. The average Bonchev–Trinajstić information content (AvgIpc) is 2.99. The fourth-order valence-electron chi connectivity index (χ4n) is 2.89. The fraction of sp³-hybridized carbons (Fsp3) is 0.267. The van der Waals surface area contributed by atoms with Gasteiger partial charge in [-0.25, -0.2) is 0 Å². The number of benzene rings is 1. The molecule has 0 radical (unpaired) electrons. The molecule has 1 saturated carbocycles. The molecule has 0 aliphatic heterocycles. The van der Waals surface area contributed by atoms with Crippen LogP contribution in [0.5, 0.6) is 0 Å². The molecule has 3 nitrogen and oxygen atoms in total. The zero-order valence-electron chi connectivity index (χ0n) is 10.4. The zero-order valence-corrected chi connectivity index (χ0v) is 10.4. The van der Waals surface area contributed by atoms with Gasteiger partial charge in [-0.15, -0.1) is 0 Å². The van der Waals surface area contributed by atoms with Crippen LogP contribution in [0, 0.1) is 6.92 Å². The van der Waals surface area contributed by atoms with Crippen LogP contribution in [0.3, 0.4) is 0 Å². The summed E-state index contributed by atoms with van der Waals surface area (Å²) in [7, 11) is 0. The first-order chi connectivity index (χ1) is 8.65. The van der Waals surface area contributed by atoms with E-state index in [0.29, 0.717) is 5.69 Å². The Morgan fingerprint density at radius 2 is 1.94 bits per heavy atom. The second kappa shape index (κ2) is 3.73. The summed E-state index contributed by atoms with van der Waals surface area (Å²) >= 11 is 0. The Kier molecular flexibility index (Phi) is 2.30. The number of nitrogens with one attached hydrogen (secondary N) is 1. The molecule has 1 heterocycles. The fourth-order valence-corrected chi connectivity index (χ4v) is 2.89. The van der Waals surface area contributed by atoms with Gasteiger partial charge >= 0.3 is 0 Å². The van der Waals surface area contributed by atoms with Gasteiger partial charge in [-0.3, -0.25) is 4.79 Å². The number of hydrogen-bond donors (Lipinski definition) is 2. The number of carbonyl (C=O) groups excluding carboxylic acids is 1. The predicted octanol–water partition coefficient (Wildman–Crippen LogP) is 2.50. The van der Waals surface area contributed by atoms with Crippen molar-refractivity contribution in [3.05, 3.63) is 58.9 Å². The molecular formula is C15H16N2O. The van der Waals surface area contributed by atoms with Crippen molar-refractivity contribution in [2.45, 2.75) is 25.2 Å². The maximum atomic E-state index is 11.5. The molecule has 1 aliphatic carbocycles. The molecule has 0 atom stereocenters. The number of aromatic amines is 1. The molecule has 3 heteroatoms. The van der Waals surface area contributed by atoms with Gasteiger partial charge in [0.15, 0.2) is 0 Å². The minimum atomic E-state index is -0.380. The van der Waals surface area contributed by atoms with Crippen LogP contribution in [0.25, 0.3) is 0 Å². The molecule has 0 bridgehead atoms. The number of nitrogens with two attached hydrogens (primary N) is 1.